The quantitative estimate of drug-likeness (QED) is 0.638. The fourth-order valence-corrected chi connectivity index (χ4v) is 3.48. The molecule has 0 aliphatic carbocycles. The van der Waals surface area contributed by atoms with Gasteiger partial charge in [-0.15, -0.1) is 0 Å². The molecule has 0 unspecified atom stereocenters. The van der Waals surface area contributed by atoms with Gasteiger partial charge in [0.05, 0.1) is 6.42 Å². The number of carbonyl (C=O) groups is 2. The van der Waals surface area contributed by atoms with E-state index < -0.39 is 6.04 Å². The number of carbonyl (C=O) groups excluding carboxylic acids is 2. The van der Waals surface area contributed by atoms with Crippen molar-refractivity contribution < 1.29 is 9.59 Å². The molecule has 0 spiro atoms. The van der Waals surface area contributed by atoms with Crippen LogP contribution in [0.2, 0.25) is 0 Å². The van der Waals surface area contributed by atoms with Crippen molar-refractivity contribution in [3.05, 3.63) is 77.4 Å². The molecule has 3 aromatic carbocycles. The molecule has 0 heterocycles. The smallest absolute Gasteiger partial charge is 0.247 e. The molecule has 2 N–H and O–H groups in total. The van der Waals surface area contributed by atoms with Crippen molar-refractivity contribution in [2.45, 2.75) is 40.2 Å². The second kappa shape index (κ2) is 8.91. The van der Waals surface area contributed by atoms with Crippen LogP contribution in [0.15, 0.2) is 60.7 Å². The number of aryl methyl sites for hydroxylation is 1. The summed E-state index contributed by atoms with van der Waals surface area (Å²) >= 11 is 0. The zero-order valence-corrected chi connectivity index (χ0v) is 17.5. The summed E-state index contributed by atoms with van der Waals surface area (Å²) in [5.41, 5.74) is 3.89. The van der Waals surface area contributed by atoms with Gasteiger partial charge in [-0.1, -0.05) is 68.4 Å². The second-order valence-corrected chi connectivity index (χ2v) is 7.84. The standard InChI is InChI=1S/C25H28N2O2/c1-16(2)24(25(29)26-22-14-7-9-17(3)18(22)4)27-23(28)15-20-12-8-11-19-10-5-6-13-21(19)20/h5-14,16,24H,15H2,1-4H3,(H,26,29)(H,27,28)/t24-/m0/s1. The summed E-state index contributed by atoms with van der Waals surface area (Å²) in [6, 6.07) is 19.2. The molecule has 0 saturated carbocycles. The summed E-state index contributed by atoms with van der Waals surface area (Å²) < 4.78 is 0. The van der Waals surface area contributed by atoms with Crippen molar-refractivity contribution in [2.75, 3.05) is 5.32 Å². The van der Waals surface area contributed by atoms with Crippen LogP contribution in [0.5, 0.6) is 0 Å². The van der Waals surface area contributed by atoms with E-state index >= 15 is 0 Å². The van der Waals surface area contributed by atoms with Crippen LogP contribution in [0, 0.1) is 19.8 Å². The summed E-state index contributed by atoms with van der Waals surface area (Å²) in [5.74, 6) is -0.382. The largest absolute Gasteiger partial charge is 0.344 e. The Hall–Kier alpha value is -3.14. The first kappa shape index (κ1) is 20.6. The van der Waals surface area contributed by atoms with E-state index in [1.165, 1.54) is 0 Å². The molecule has 1 atom stereocenters. The lowest BCUT2D eigenvalue weighted by Gasteiger charge is -2.22. The highest BCUT2D eigenvalue weighted by atomic mass is 16.2. The average molecular weight is 389 g/mol. The Morgan fingerprint density at radius 1 is 0.897 bits per heavy atom. The average Bonchev–Trinajstić information content (AvgIpc) is 2.69. The first-order chi connectivity index (χ1) is 13.9. The normalized spacial score (nSPS) is 12.0. The molecular weight excluding hydrogens is 360 g/mol. The summed E-state index contributed by atoms with van der Waals surface area (Å²) in [6.07, 6.45) is 0.237. The third-order valence-corrected chi connectivity index (χ3v) is 5.36. The lowest BCUT2D eigenvalue weighted by Crippen LogP contribution is -2.47. The van der Waals surface area contributed by atoms with Gasteiger partial charge in [0.1, 0.15) is 6.04 Å². The Bertz CT molecular complexity index is 1030. The Morgan fingerprint density at radius 3 is 2.34 bits per heavy atom. The molecule has 29 heavy (non-hydrogen) atoms. The van der Waals surface area contributed by atoms with Gasteiger partial charge in [0.15, 0.2) is 0 Å². The number of hydrogen-bond acceptors (Lipinski definition) is 2. The van der Waals surface area contributed by atoms with Gasteiger partial charge in [-0.3, -0.25) is 9.59 Å². The van der Waals surface area contributed by atoms with Gasteiger partial charge < -0.3 is 10.6 Å². The zero-order valence-electron chi connectivity index (χ0n) is 17.5. The molecule has 0 bridgehead atoms. The minimum atomic E-state index is -0.600. The van der Waals surface area contributed by atoms with Crippen molar-refractivity contribution in [3.63, 3.8) is 0 Å². The summed E-state index contributed by atoms with van der Waals surface area (Å²) in [7, 11) is 0. The molecule has 3 rings (SSSR count). The third kappa shape index (κ3) is 4.83. The fraction of sp³-hybridized carbons (Fsp3) is 0.280. The van der Waals surface area contributed by atoms with Crippen molar-refractivity contribution in [1.82, 2.24) is 5.32 Å². The first-order valence-corrected chi connectivity index (χ1v) is 10.00. The Kier molecular flexibility index (Phi) is 6.32. The molecule has 0 saturated heterocycles. The molecule has 0 aromatic heterocycles. The van der Waals surface area contributed by atoms with Crippen molar-refractivity contribution in [2.24, 2.45) is 5.92 Å². The first-order valence-electron chi connectivity index (χ1n) is 10.00. The molecule has 2 amide bonds. The van der Waals surface area contributed by atoms with E-state index in [1.807, 2.05) is 88.4 Å². The SMILES string of the molecule is Cc1cccc(NC(=O)[C@@H](NC(=O)Cc2cccc3ccccc23)C(C)C)c1C. The van der Waals surface area contributed by atoms with Crippen molar-refractivity contribution >= 4 is 28.3 Å². The highest BCUT2D eigenvalue weighted by molar-refractivity contribution is 5.98. The van der Waals surface area contributed by atoms with Crippen molar-refractivity contribution in [3.8, 4) is 0 Å². The molecule has 4 nitrogen and oxygen atoms in total. The third-order valence-electron chi connectivity index (χ3n) is 5.36. The molecule has 0 aliphatic heterocycles. The second-order valence-electron chi connectivity index (χ2n) is 7.84. The molecule has 4 heteroatoms. The van der Waals surface area contributed by atoms with E-state index in [2.05, 4.69) is 10.6 Å². The molecule has 150 valence electrons. The van der Waals surface area contributed by atoms with E-state index in [4.69, 9.17) is 0 Å². The minimum absolute atomic E-state index is 0.0309. The van der Waals surface area contributed by atoms with E-state index in [9.17, 15) is 9.59 Å². The number of benzene rings is 3. The van der Waals surface area contributed by atoms with E-state index in [-0.39, 0.29) is 24.2 Å². The topological polar surface area (TPSA) is 58.2 Å². The lowest BCUT2D eigenvalue weighted by atomic mass is 10.00. The predicted molar refractivity (Wildman–Crippen MR) is 119 cm³/mol. The Balaban J connectivity index is 1.73. The fourth-order valence-electron chi connectivity index (χ4n) is 3.48. The molecule has 3 aromatic rings. The number of fused-ring (bicyclic) bond motifs is 1. The summed E-state index contributed by atoms with van der Waals surface area (Å²) in [5, 5.41) is 8.07. The Morgan fingerprint density at radius 2 is 1.59 bits per heavy atom. The van der Waals surface area contributed by atoms with E-state index in [0.717, 1.165) is 33.2 Å². The zero-order chi connectivity index (χ0) is 21.0. The molecular formula is C25H28N2O2. The maximum absolute atomic E-state index is 12.9. The number of anilines is 1. The summed E-state index contributed by atoms with van der Waals surface area (Å²) in [4.78, 5) is 25.6. The van der Waals surface area contributed by atoms with Gasteiger partial charge in [0.25, 0.3) is 0 Å². The number of amides is 2. The van der Waals surface area contributed by atoms with Gasteiger partial charge in [-0.2, -0.15) is 0 Å². The Labute approximate surface area is 172 Å². The maximum Gasteiger partial charge on any atom is 0.247 e. The predicted octanol–water partition coefficient (Wildman–Crippen LogP) is 4.78. The van der Waals surface area contributed by atoms with Crippen LogP contribution in [-0.4, -0.2) is 17.9 Å². The van der Waals surface area contributed by atoms with Crippen LogP contribution in [0.1, 0.15) is 30.5 Å². The van der Waals surface area contributed by atoms with E-state index in [1.54, 1.807) is 0 Å². The van der Waals surface area contributed by atoms with Crippen LogP contribution in [0.3, 0.4) is 0 Å². The van der Waals surface area contributed by atoms with Crippen LogP contribution in [-0.2, 0) is 16.0 Å². The van der Waals surface area contributed by atoms with Gasteiger partial charge in [0, 0.05) is 5.69 Å². The van der Waals surface area contributed by atoms with Gasteiger partial charge in [-0.05, 0) is 53.3 Å². The van der Waals surface area contributed by atoms with Crippen LogP contribution in [0.25, 0.3) is 10.8 Å². The molecule has 0 aliphatic rings. The van der Waals surface area contributed by atoms with Gasteiger partial charge in [0.2, 0.25) is 11.8 Å². The number of nitrogens with one attached hydrogen (secondary N) is 2. The minimum Gasteiger partial charge on any atom is -0.344 e. The van der Waals surface area contributed by atoms with Gasteiger partial charge in [-0.25, -0.2) is 0 Å². The monoisotopic (exact) mass is 388 g/mol. The number of rotatable bonds is 6. The lowest BCUT2D eigenvalue weighted by molar-refractivity contribution is -0.127. The van der Waals surface area contributed by atoms with Crippen LogP contribution >= 0.6 is 0 Å². The highest BCUT2D eigenvalue weighted by Crippen LogP contribution is 2.20. The molecule has 0 fully saturated rings. The van der Waals surface area contributed by atoms with Gasteiger partial charge >= 0.3 is 0 Å². The van der Waals surface area contributed by atoms with E-state index in [0.29, 0.717) is 0 Å². The van der Waals surface area contributed by atoms with Crippen molar-refractivity contribution in [1.29, 1.82) is 0 Å². The van der Waals surface area contributed by atoms with Crippen LogP contribution < -0.4 is 10.6 Å². The number of hydrogen-bond donors (Lipinski definition) is 2. The summed E-state index contributed by atoms with van der Waals surface area (Å²) in [6.45, 7) is 7.86. The maximum atomic E-state index is 12.9. The highest BCUT2D eigenvalue weighted by Gasteiger charge is 2.25. The van der Waals surface area contributed by atoms with Crippen LogP contribution in [0.4, 0.5) is 5.69 Å². The molecule has 0 radical (unpaired) electrons.